The van der Waals surface area contributed by atoms with Crippen molar-refractivity contribution in [2.75, 3.05) is 13.1 Å². The molecule has 1 amide bonds. The molecule has 0 N–H and O–H groups in total. The van der Waals surface area contributed by atoms with Gasteiger partial charge in [0.2, 0.25) is 0 Å². The lowest BCUT2D eigenvalue weighted by Gasteiger charge is -2.41. The van der Waals surface area contributed by atoms with Gasteiger partial charge in [0, 0.05) is 18.7 Å². The van der Waals surface area contributed by atoms with E-state index in [1.165, 1.54) is 25.7 Å². The molecule has 1 aliphatic carbocycles. The van der Waals surface area contributed by atoms with Crippen molar-refractivity contribution < 1.29 is 4.79 Å². The Labute approximate surface area is 120 Å². The number of hydrogen-bond donors (Lipinski definition) is 0. The zero-order valence-electron chi connectivity index (χ0n) is 11.7. The van der Waals surface area contributed by atoms with Crippen molar-refractivity contribution in [2.45, 2.75) is 32.1 Å². The number of likely N-dealkylation sites (tertiary alicyclic amines) is 1. The quantitative estimate of drug-likeness (QED) is 0.785. The minimum absolute atomic E-state index is 0.124. The van der Waals surface area contributed by atoms with Gasteiger partial charge in [0.05, 0.1) is 11.6 Å². The van der Waals surface area contributed by atoms with Gasteiger partial charge in [-0.15, -0.1) is 0 Å². The van der Waals surface area contributed by atoms with Crippen LogP contribution in [0.4, 0.5) is 0 Å². The van der Waals surface area contributed by atoms with Crippen LogP contribution in [0.15, 0.2) is 24.3 Å². The van der Waals surface area contributed by atoms with Gasteiger partial charge in [0.25, 0.3) is 5.91 Å². The number of nitriles is 1. The van der Waals surface area contributed by atoms with Gasteiger partial charge in [-0.2, -0.15) is 5.26 Å². The lowest BCUT2D eigenvalue weighted by Crippen LogP contribution is -2.44. The Morgan fingerprint density at radius 1 is 1.10 bits per heavy atom. The number of carbonyl (C=O) groups excluding carboxylic acids is 1. The van der Waals surface area contributed by atoms with Crippen molar-refractivity contribution in [3.63, 3.8) is 0 Å². The van der Waals surface area contributed by atoms with E-state index >= 15 is 0 Å². The van der Waals surface area contributed by atoms with Gasteiger partial charge in [0.1, 0.15) is 0 Å². The molecule has 0 spiro atoms. The summed E-state index contributed by atoms with van der Waals surface area (Å²) in [6.45, 7) is 1.81. The van der Waals surface area contributed by atoms with Crippen LogP contribution in [-0.4, -0.2) is 23.9 Å². The molecule has 3 rings (SSSR count). The molecule has 1 saturated heterocycles. The number of fused-ring (bicyclic) bond motifs is 1. The summed E-state index contributed by atoms with van der Waals surface area (Å²) in [6, 6.07) is 9.07. The summed E-state index contributed by atoms with van der Waals surface area (Å²) >= 11 is 0. The van der Waals surface area contributed by atoms with Gasteiger partial charge < -0.3 is 4.90 Å². The Morgan fingerprint density at radius 2 is 1.80 bits per heavy atom. The first-order chi connectivity index (χ1) is 9.78. The van der Waals surface area contributed by atoms with Crippen LogP contribution in [0.25, 0.3) is 0 Å². The van der Waals surface area contributed by atoms with E-state index < -0.39 is 0 Å². The maximum atomic E-state index is 12.5. The average molecular weight is 268 g/mol. The lowest BCUT2D eigenvalue weighted by molar-refractivity contribution is 0.0521. The van der Waals surface area contributed by atoms with Crippen LogP contribution in [0, 0.1) is 23.2 Å². The standard InChI is InChI=1S/C17H20N2O/c18-11-13-5-7-15(8-6-13)17(20)19-10-9-14-3-1-2-4-16(14)12-19/h5-8,14,16H,1-4,9-10,12H2/t14-,16-/m1/s1. The summed E-state index contributed by atoms with van der Waals surface area (Å²) in [5.41, 5.74) is 1.31. The summed E-state index contributed by atoms with van der Waals surface area (Å²) < 4.78 is 0. The van der Waals surface area contributed by atoms with E-state index in [1.54, 1.807) is 24.3 Å². The monoisotopic (exact) mass is 268 g/mol. The normalized spacial score (nSPS) is 25.6. The molecular formula is C17H20N2O. The second kappa shape index (κ2) is 5.66. The zero-order chi connectivity index (χ0) is 13.9. The third kappa shape index (κ3) is 2.56. The molecule has 1 aromatic rings. The maximum Gasteiger partial charge on any atom is 0.253 e. The molecule has 2 fully saturated rings. The van der Waals surface area contributed by atoms with Crippen molar-refractivity contribution in [1.29, 1.82) is 5.26 Å². The van der Waals surface area contributed by atoms with Crippen LogP contribution in [0.2, 0.25) is 0 Å². The number of amides is 1. The minimum Gasteiger partial charge on any atom is -0.338 e. The van der Waals surface area contributed by atoms with E-state index in [0.29, 0.717) is 17.0 Å². The largest absolute Gasteiger partial charge is 0.338 e. The summed E-state index contributed by atoms with van der Waals surface area (Å²) in [7, 11) is 0. The first-order valence-corrected chi connectivity index (χ1v) is 7.57. The van der Waals surface area contributed by atoms with E-state index in [-0.39, 0.29) is 5.91 Å². The van der Waals surface area contributed by atoms with Gasteiger partial charge in [-0.05, 0) is 48.9 Å². The fourth-order valence-corrected chi connectivity index (χ4v) is 3.66. The lowest BCUT2D eigenvalue weighted by atomic mass is 9.75. The Balaban J connectivity index is 1.69. The third-order valence-electron chi connectivity index (χ3n) is 4.84. The summed E-state index contributed by atoms with van der Waals surface area (Å²) in [4.78, 5) is 14.5. The Kier molecular flexibility index (Phi) is 3.73. The van der Waals surface area contributed by atoms with E-state index in [1.807, 2.05) is 4.90 Å². The van der Waals surface area contributed by atoms with Crippen LogP contribution in [-0.2, 0) is 0 Å². The maximum absolute atomic E-state index is 12.5. The Bertz CT molecular complexity index is 529. The number of piperidine rings is 1. The van der Waals surface area contributed by atoms with Crippen LogP contribution in [0.5, 0.6) is 0 Å². The SMILES string of the molecule is N#Cc1ccc(C(=O)N2CC[C@H]3CCCC[C@@H]3C2)cc1. The van der Waals surface area contributed by atoms with E-state index in [4.69, 9.17) is 5.26 Å². The second-order valence-corrected chi connectivity index (χ2v) is 6.03. The molecule has 104 valence electrons. The van der Waals surface area contributed by atoms with E-state index in [0.717, 1.165) is 25.4 Å². The van der Waals surface area contributed by atoms with Crippen LogP contribution >= 0.6 is 0 Å². The highest BCUT2D eigenvalue weighted by molar-refractivity contribution is 5.94. The number of benzene rings is 1. The van der Waals surface area contributed by atoms with Crippen LogP contribution in [0.1, 0.15) is 48.0 Å². The fourth-order valence-electron chi connectivity index (χ4n) is 3.66. The number of hydrogen-bond acceptors (Lipinski definition) is 2. The Hall–Kier alpha value is -1.82. The molecule has 3 nitrogen and oxygen atoms in total. The molecule has 2 atom stereocenters. The highest BCUT2D eigenvalue weighted by Crippen LogP contribution is 2.36. The van der Waals surface area contributed by atoms with Crippen molar-refractivity contribution >= 4 is 5.91 Å². The van der Waals surface area contributed by atoms with E-state index in [9.17, 15) is 4.79 Å². The first kappa shape index (κ1) is 13.2. The molecule has 1 aromatic carbocycles. The van der Waals surface area contributed by atoms with Gasteiger partial charge >= 0.3 is 0 Å². The highest BCUT2D eigenvalue weighted by atomic mass is 16.2. The minimum atomic E-state index is 0.124. The second-order valence-electron chi connectivity index (χ2n) is 6.03. The average Bonchev–Trinajstić information content (AvgIpc) is 2.54. The summed E-state index contributed by atoms with van der Waals surface area (Å²) in [5, 5.41) is 8.80. The molecule has 2 aliphatic rings. The molecule has 0 aromatic heterocycles. The molecule has 20 heavy (non-hydrogen) atoms. The molecule has 3 heteroatoms. The van der Waals surface area contributed by atoms with Gasteiger partial charge in [0.15, 0.2) is 0 Å². The number of nitrogens with zero attached hydrogens (tertiary/aromatic N) is 2. The molecule has 1 heterocycles. The number of rotatable bonds is 1. The Morgan fingerprint density at radius 3 is 2.50 bits per heavy atom. The molecule has 0 unspecified atom stereocenters. The molecule has 0 radical (unpaired) electrons. The molecular weight excluding hydrogens is 248 g/mol. The van der Waals surface area contributed by atoms with Crippen molar-refractivity contribution in [1.82, 2.24) is 4.90 Å². The number of carbonyl (C=O) groups is 1. The summed E-state index contributed by atoms with van der Waals surface area (Å²) in [6.07, 6.45) is 6.48. The van der Waals surface area contributed by atoms with Crippen LogP contribution < -0.4 is 0 Å². The predicted octanol–water partition coefficient (Wildman–Crippen LogP) is 3.21. The molecule has 0 bridgehead atoms. The highest BCUT2D eigenvalue weighted by Gasteiger charge is 2.33. The fraction of sp³-hybridized carbons (Fsp3) is 0.529. The van der Waals surface area contributed by atoms with Gasteiger partial charge in [-0.3, -0.25) is 4.79 Å². The smallest absolute Gasteiger partial charge is 0.253 e. The third-order valence-corrected chi connectivity index (χ3v) is 4.84. The summed E-state index contributed by atoms with van der Waals surface area (Å²) in [5.74, 6) is 1.67. The van der Waals surface area contributed by atoms with Crippen molar-refractivity contribution in [3.8, 4) is 6.07 Å². The van der Waals surface area contributed by atoms with Crippen LogP contribution in [0.3, 0.4) is 0 Å². The van der Waals surface area contributed by atoms with Crippen molar-refractivity contribution in [2.24, 2.45) is 11.8 Å². The zero-order valence-corrected chi connectivity index (χ0v) is 11.7. The first-order valence-electron chi connectivity index (χ1n) is 7.57. The molecule has 1 aliphatic heterocycles. The molecule has 1 saturated carbocycles. The topological polar surface area (TPSA) is 44.1 Å². The van der Waals surface area contributed by atoms with E-state index in [2.05, 4.69) is 6.07 Å². The van der Waals surface area contributed by atoms with Gasteiger partial charge in [-0.25, -0.2) is 0 Å². The van der Waals surface area contributed by atoms with Crippen molar-refractivity contribution in [3.05, 3.63) is 35.4 Å². The van der Waals surface area contributed by atoms with Gasteiger partial charge in [-0.1, -0.05) is 19.3 Å². The predicted molar refractivity (Wildman–Crippen MR) is 77.1 cm³/mol.